The fraction of sp³-hybridized carbons (Fsp3) is 0.174. The van der Waals surface area contributed by atoms with Crippen LogP contribution >= 0.6 is 0 Å². The number of aliphatic hydroxyl groups excluding tert-OH is 1. The second-order valence-corrected chi connectivity index (χ2v) is 8.88. The van der Waals surface area contributed by atoms with Gasteiger partial charge in [-0.15, -0.1) is 0 Å². The smallest absolute Gasteiger partial charge is 0.416 e. The molecular formula is C23H21F3N2O5S. The lowest BCUT2D eigenvalue weighted by molar-refractivity contribution is -0.137. The predicted molar refractivity (Wildman–Crippen MR) is 119 cm³/mol. The van der Waals surface area contributed by atoms with Crippen molar-refractivity contribution in [2.45, 2.75) is 17.2 Å². The molecule has 3 N–H and O–H groups in total. The maximum absolute atomic E-state index is 12.7. The molecule has 34 heavy (non-hydrogen) atoms. The van der Waals surface area contributed by atoms with Crippen molar-refractivity contribution < 1.29 is 36.2 Å². The number of halogens is 3. The van der Waals surface area contributed by atoms with E-state index in [1.165, 1.54) is 48.5 Å². The molecule has 3 aromatic carbocycles. The largest absolute Gasteiger partial charge is 0.491 e. The molecule has 180 valence electrons. The van der Waals surface area contributed by atoms with Crippen LogP contribution in [0.15, 0.2) is 83.8 Å². The predicted octanol–water partition coefficient (Wildman–Crippen LogP) is 3.68. The summed E-state index contributed by atoms with van der Waals surface area (Å²) >= 11 is 0. The molecule has 0 spiro atoms. The van der Waals surface area contributed by atoms with Gasteiger partial charge < -0.3 is 15.2 Å². The van der Waals surface area contributed by atoms with Gasteiger partial charge in [0.2, 0.25) is 0 Å². The van der Waals surface area contributed by atoms with Gasteiger partial charge in [-0.25, -0.2) is 8.42 Å². The van der Waals surface area contributed by atoms with Crippen molar-refractivity contribution in [3.05, 3.63) is 90.0 Å². The molecule has 1 amide bonds. The molecule has 0 aliphatic heterocycles. The molecule has 0 saturated heterocycles. The maximum atomic E-state index is 12.7. The molecule has 0 aliphatic carbocycles. The van der Waals surface area contributed by atoms with Crippen LogP contribution in [0, 0.1) is 0 Å². The normalized spacial score (nSPS) is 12.6. The van der Waals surface area contributed by atoms with Gasteiger partial charge in [-0.05, 0) is 54.6 Å². The van der Waals surface area contributed by atoms with Crippen molar-refractivity contribution in [3.8, 4) is 5.75 Å². The van der Waals surface area contributed by atoms with Crippen LogP contribution in [0.3, 0.4) is 0 Å². The molecule has 0 saturated carbocycles. The minimum absolute atomic E-state index is 0.0613. The first-order valence-electron chi connectivity index (χ1n) is 9.99. The minimum atomic E-state index is -4.51. The number of amides is 1. The summed E-state index contributed by atoms with van der Waals surface area (Å²) in [6, 6.07) is 17.7. The monoisotopic (exact) mass is 494 g/mol. The quantitative estimate of drug-likeness (QED) is 0.421. The Balaban J connectivity index is 1.49. The third-order valence-electron chi connectivity index (χ3n) is 4.55. The number of hydrogen-bond acceptors (Lipinski definition) is 5. The molecule has 11 heteroatoms. The Hall–Kier alpha value is -3.57. The molecule has 0 fully saturated rings. The molecule has 3 aromatic rings. The second-order valence-electron chi connectivity index (χ2n) is 7.20. The number of nitrogens with one attached hydrogen (secondary N) is 2. The average molecular weight is 494 g/mol. The van der Waals surface area contributed by atoms with Gasteiger partial charge in [0.15, 0.2) is 0 Å². The maximum Gasteiger partial charge on any atom is 0.416 e. The van der Waals surface area contributed by atoms with Gasteiger partial charge in [0.05, 0.1) is 10.5 Å². The molecule has 0 aromatic heterocycles. The van der Waals surface area contributed by atoms with Crippen LogP contribution < -0.4 is 14.8 Å². The molecule has 0 radical (unpaired) electrons. The van der Waals surface area contributed by atoms with Crippen LogP contribution in [0.2, 0.25) is 0 Å². The highest BCUT2D eigenvalue weighted by Crippen LogP contribution is 2.31. The van der Waals surface area contributed by atoms with Crippen molar-refractivity contribution in [1.82, 2.24) is 5.32 Å². The number of hydrogen-bond donors (Lipinski definition) is 3. The van der Waals surface area contributed by atoms with Gasteiger partial charge in [0.25, 0.3) is 15.9 Å². The van der Waals surface area contributed by atoms with Crippen LogP contribution in [-0.2, 0) is 16.2 Å². The number of ether oxygens (including phenoxy) is 1. The first-order valence-corrected chi connectivity index (χ1v) is 11.5. The van der Waals surface area contributed by atoms with Crippen LogP contribution in [-0.4, -0.2) is 38.7 Å². The van der Waals surface area contributed by atoms with Crippen LogP contribution in [0.25, 0.3) is 0 Å². The van der Waals surface area contributed by atoms with E-state index >= 15 is 0 Å². The summed E-state index contributed by atoms with van der Waals surface area (Å²) in [5, 5.41) is 12.5. The number of carbonyl (C=O) groups is 1. The van der Waals surface area contributed by atoms with Gasteiger partial charge in [-0.1, -0.05) is 24.3 Å². The Morgan fingerprint density at radius 2 is 1.65 bits per heavy atom. The third-order valence-corrected chi connectivity index (χ3v) is 5.95. The number of rotatable bonds is 9. The van der Waals surface area contributed by atoms with E-state index in [9.17, 15) is 31.5 Å². The summed E-state index contributed by atoms with van der Waals surface area (Å²) < 4.78 is 70.5. The van der Waals surface area contributed by atoms with Crippen molar-refractivity contribution in [2.75, 3.05) is 17.9 Å². The fourth-order valence-electron chi connectivity index (χ4n) is 2.83. The van der Waals surface area contributed by atoms with E-state index < -0.39 is 33.8 Å². The second kappa shape index (κ2) is 10.6. The molecule has 3 rings (SSSR count). The highest BCUT2D eigenvalue weighted by molar-refractivity contribution is 7.92. The topological polar surface area (TPSA) is 105 Å². The van der Waals surface area contributed by atoms with E-state index in [1.807, 2.05) is 0 Å². The summed E-state index contributed by atoms with van der Waals surface area (Å²) in [6.45, 7) is -0.540. The van der Waals surface area contributed by atoms with E-state index in [0.717, 1.165) is 12.1 Å². The standard InChI is InChI=1S/C23H21F3N2O5S/c24-23(25,26)17-5-4-6-20(13-17)33-15-19(29)14-27-22(30)16-9-11-18(12-10-16)28-34(31,32)21-7-2-1-3-8-21/h1-13,19,28-29H,14-15H2,(H,27,30). The zero-order chi connectivity index (χ0) is 24.8. The Bertz CT molecular complexity index is 1220. The molecule has 1 unspecified atom stereocenters. The summed E-state index contributed by atoms with van der Waals surface area (Å²) in [5.74, 6) is -0.593. The lowest BCUT2D eigenvalue weighted by Crippen LogP contribution is -2.35. The third kappa shape index (κ3) is 6.96. The number of benzene rings is 3. The van der Waals surface area contributed by atoms with Crippen molar-refractivity contribution in [3.63, 3.8) is 0 Å². The van der Waals surface area contributed by atoms with Gasteiger partial charge in [0, 0.05) is 17.8 Å². The van der Waals surface area contributed by atoms with Gasteiger partial charge in [-0.2, -0.15) is 13.2 Å². The summed E-state index contributed by atoms with van der Waals surface area (Å²) in [7, 11) is -3.77. The Morgan fingerprint density at radius 1 is 0.971 bits per heavy atom. The number of alkyl halides is 3. The zero-order valence-electron chi connectivity index (χ0n) is 17.6. The van der Waals surface area contributed by atoms with Gasteiger partial charge in [0.1, 0.15) is 18.5 Å². The van der Waals surface area contributed by atoms with E-state index in [0.29, 0.717) is 0 Å². The summed E-state index contributed by atoms with van der Waals surface area (Å²) in [5.41, 5.74) is -0.397. The van der Waals surface area contributed by atoms with Crippen LogP contribution in [0.4, 0.5) is 18.9 Å². The Morgan fingerprint density at radius 3 is 2.29 bits per heavy atom. The highest BCUT2D eigenvalue weighted by atomic mass is 32.2. The van der Waals surface area contributed by atoms with Crippen molar-refractivity contribution >= 4 is 21.6 Å². The number of aliphatic hydroxyl groups is 1. The lowest BCUT2D eigenvalue weighted by Gasteiger charge is -2.14. The highest BCUT2D eigenvalue weighted by Gasteiger charge is 2.30. The lowest BCUT2D eigenvalue weighted by atomic mass is 10.2. The first-order chi connectivity index (χ1) is 16.0. The average Bonchev–Trinajstić information content (AvgIpc) is 2.81. The van der Waals surface area contributed by atoms with Crippen LogP contribution in [0.5, 0.6) is 5.75 Å². The molecule has 1 atom stereocenters. The molecule has 0 aliphatic rings. The summed E-state index contributed by atoms with van der Waals surface area (Å²) in [4.78, 5) is 12.4. The number of sulfonamides is 1. The molecular weight excluding hydrogens is 473 g/mol. The number of carbonyl (C=O) groups excluding carboxylic acids is 1. The molecule has 7 nitrogen and oxygen atoms in total. The van der Waals surface area contributed by atoms with E-state index in [-0.39, 0.29) is 35.0 Å². The minimum Gasteiger partial charge on any atom is -0.491 e. The number of anilines is 1. The SMILES string of the molecule is O=C(NCC(O)COc1cccc(C(F)(F)F)c1)c1ccc(NS(=O)(=O)c2ccccc2)cc1. The van der Waals surface area contributed by atoms with Crippen molar-refractivity contribution in [2.24, 2.45) is 0 Å². The fourth-order valence-corrected chi connectivity index (χ4v) is 3.91. The van der Waals surface area contributed by atoms with E-state index in [1.54, 1.807) is 18.2 Å². The van der Waals surface area contributed by atoms with Gasteiger partial charge >= 0.3 is 6.18 Å². The first kappa shape index (κ1) is 25.1. The van der Waals surface area contributed by atoms with Crippen molar-refractivity contribution in [1.29, 1.82) is 0 Å². The van der Waals surface area contributed by atoms with E-state index in [2.05, 4.69) is 10.0 Å². The van der Waals surface area contributed by atoms with Gasteiger partial charge in [-0.3, -0.25) is 9.52 Å². The Kier molecular flexibility index (Phi) is 7.79. The van der Waals surface area contributed by atoms with Crippen LogP contribution in [0.1, 0.15) is 15.9 Å². The molecule has 0 bridgehead atoms. The molecule has 0 heterocycles. The zero-order valence-corrected chi connectivity index (χ0v) is 18.4. The summed E-state index contributed by atoms with van der Waals surface area (Å²) in [6.07, 6.45) is -5.68. The Labute approximate surface area is 194 Å². The van der Waals surface area contributed by atoms with E-state index in [4.69, 9.17) is 4.74 Å².